The van der Waals surface area contributed by atoms with E-state index in [0.29, 0.717) is 5.69 Å². The fraction of sp³-hybridized carbons (Fsp3) is 0.467. The van der Waals surface area contributed by atoms with Gasteiger partial charge in [-0.15, -0.1) is 0 Å². The molecule has 13 heteroatoms. The van der Waals surface area contributed by atoms with Crippen LogP contribution in [0.25, 0.3) is 0 Å². The molecule has 0 aliphatic heterocycles. The van der Waals surface area contributed by atoms with Gasteiger partial charge in [0.15, 0.2) is 0 Å². The summed E-state index contributed by atoms with van der Waals surface area (Å²) in [4.78, 5) is 63.9. The zero-order valence-electron chi connectivity index (χ0n) is 14.9. The first kappa shape index (κ1) is 22.6. The number of aliphatic carboxylic acids is 1. The lowest BCUT2D eigenvalue weighted by atomic mass is 10.1. The van der Waals surface area contributed by atoms with E-state index in [9.17, 15) is 24.0 Å². The van der Waals surface area contributed by atoms with Gasteiger partial charge < -0.3 is 37.5 Å². The predicted octanol–water partition coefficient (Wildman–Crippen LogP) is -3.65. The Kier molecular flexibility index (Phi) is 9.09. The van der Waals surface area contributed by atoms with Gasteiger partial charge in [-0.1, -0.05) is 0 Å². The first-order valence-corrected chi connectivity index (χ1v) is 8.26. The van der Waals surface area contributed by atoms with Gasteiger partial charge in [0.1, 0.15) is 12.6 Å². The van der Waals surface area contributed by atoms with Crippen LogP contribution in [-0.2, 0) is 30.4 Å². The monoisotopic (exact) mass is 397 g/mol. The SMILES string of the molecule is NC(=O)CCC(NC(=O)CNC(=O)C(N)Cc1cnc[nH]1)C(=O)NCC(=O)O. The molecule has 0 aliphatic rings. The summed E-state index contributed by atoms with van der Waals surface area (Å²) in [5, 5.41) is 15.3. The lowest BCUT2D eigenvalue weighted by molar-refractivity contribution is -0.138. The Morgan fingerprint density at radius 1 is 1.14 bits per heavy atom. The number of carboxylic acid groups (broad SMARTS) is 1. The minimum absolute atomic E-state index is 0.125. The number of primary amides is 1. The average molecular weight is 397 g/mol. The smallest absolute Gasteiger partial charge is 0.322 e. The largest absolute Gasteiger partial charge is 0.480 e. The number of carbonyl (C=O) groups is 5. The molecule has 1 rings (SSSR count). The Labute approximate surface area is 159 Å². The standard InChI is InChI=1S/C15H23N7O6/c16-9(3-8-4-18-7-21-8)14(27)19-5-12(24)22-10(1-2-11(17)23)15(28)20-6-13(25)26/h4,7,9-10H,1-3,5-6,16H2,(H2,17,23)(H,18,21)(H,19,27)(H,20,28)(H,22,24)(H,25,26). The average Bonchev–Trinajstić information content (AvgIpc) is 3.13. The van der Waals surface area contributed by atoms with E-state index >= 15 is 0 Å². The number of hydrogen-bond donors (Lipinski definition) is 7. The molecule has 1 aromatic heterocycles. The van der Waals surface area contributed by atoms with Gasteiger partial charge >= 0.3 is 5.97 Å². The highest BCUT2D eigenvalue weighted by atomic mass is 16.4. The van der Waals surface area contributed by atoms with Gasteiger partial charge in [-0.3, -0.25) is 24.0 Å². The van der Waals surface area contributed by atoms with Gasteiger partial charge in [-0.2, -0.15) is 0 Å². The van der Waals surface area contributed by atoms with Gasteiger partial charge in [0.2, 0.25) is 23.6 Å². The van der Waals surface area contributed by atoms with Crippen LogP contribution in [-0.4, -0.2) is 69.8 Å². The van der Waals surface area contributed by atoms with E-state index in [4.69, 9.17) is 16.6 Å². The molecule has 0 saturated carbocycles. The van der Waals surface area contributed by atoms with Gasteiger partial charge in [0.25, 0.3) is 0 Å². The maximum absolute atomic E-state index is 12.0. The van der Waals surface area contributed by atoms with Crippen LogP contribution in [0.4, 0.5) is 0 Å². The quantitative estimate of drug-likeness (QED) is 0.186. The summed E-state index contributed by atoms with van der Waals surface area (Å²) >= 11 is 0. The van der Waals surface area contributed by atoms with E-state index in [2.05, 4.69) is 25.9 Å². The highest BCUT2D eigenvalue weighted by molar-refractivity contribution is 5.92. The zero-order chi connectivity index (χ0) is 21.1. The van der Waals surface area contributed by atoms with Crippen molar-refractivity contribution >= 4 is 29.6 Å². The molecule has 1 aromatic rings. The fourth-order valence-corrected chi connectivity index (χ4v) is 2.11. The highest BCUT2D eigenvalue weighted by Gasteiger charge is 2.22. The molecule has 13 nitrogen and oxygen atoms in total. The lowest BCUT2D eigenvalue weighted by Crippen LogP contribution is -2.52. The molecule has 0 spiro atoms. The van der Waals surface area contributed by atoms with Crippen molar-refractivity contribution in [3.63, 3.8) is 0 Å². The minimum Gasteiger partial charge on any atom is -0.480 e. The minimum atomic E-state index is -1.27. The fourth-order valence-electron chi connectivity index (χ4n) is 2.11. The molecule has 4 amide bonds. The number of hydrogen-bond acceptors (Lipinski definition) is 7. The second-order valence-electron chi connectivity index (χ2n) is 5.84. The van der Waals surface area contributed by atoms with Crippen LogP contribution < -0.4 is 27.4 Å². The third kappa shape index (κ3) is 8.75. The Morgan fingerprint density at radius 3 is 2.39 bits per heavy atom. The Bertz CT molecular complexity index is 706. The van der Waals surface area contributed by atoms with Crippen LogP contribution in [0.15, 0.2) is 12.5 Å². The maximum Gasteiger partial charge on any atom is 0.322 e. The molecular weight excluding hydrogens is 374 g/mol. The Balaban J connectivity index is 2.51. The number of rotatable bonds is 12. The molecule has 0 radical (unpaired) electrons. The van der Waals surface area contributed by atoms with E-state index in [1.54, 1.807) is 0 Å². The number of carbonyl (C=O) groups excluding carboxylic acids is 4. The van der Waals surface area contributed by atoms with Crippen molar-refractivity contribution in [2.45, 2.75) is 31.3 Å². The zero-order valence-corrected chi connectivity index (χ0v) is 14.9. The second kappa shape index (κ2) is 11.3. The third-order valence-electron chi connectivity index (χ3n) is 3.50. The molecule has 0 fully saturated rings. The van der Waals surface area contributed by atoms with Gasteiger partial charge in [0, 0.05) is 24.7 Å². The van der Waals surface area contributed by atoms with Crippen LogP contribution in [0.3, 0.4) is 0 Å². The van der Waals surface area contributed by atoms with Crippen LogP contribution in [0.2, 0.25) is 0 Å². The number of H-pyrrole nitrogens is 1. The van der Waals surface area contributed by atoms with Crippen molar-refractivity contribution in [1.82, 2.24) is 25.9 Å². The van der Waals surface area contributed by atoms with Crippen molar-refractivity contribution < 1.29 is 29.1 Å². The summed E-state index contributed by atoms with van der Waals surface area (Å²) in [6, 6.07) is -2.10. The van der Waals surface area contributed by atoms with Crippen molar-refractivity contribution in [3.8, 4) is 0 Å². The number of nitrogens with zero attached hydrogens (tertiary/aromatic N) is 1. The summed E-state index contributed by atoms with van der Waals surface area (Å²) in [5.41, 5.74) is 11.4. The topological polar surface area (TPSA) is 222 Å². The number of aromatic amines is 1. The van der Waals surface area contributed by atoms with Gasteiger partial charge in [0.05, 0.1) is 18.9 Å². The van der Waals surface area contributed by atoms with Crippen molar-refractivity contribution in [2.24, 2.45) is 11.5 Å². The summed E-state index contributed by atoms with van der Waals surface area (Å²) in [6.45, 7) is -1.12. The van der Waals surface area contributed by atoms with Gasteiger partial charge in [-0.25, -0.2) is 4.98 Å². The number of amides is 4. The van der Waals surface area contributed by atoms with Crippen LogP contribution in [0.1, 0.15) is 18.5 Å². The van der Waals surface area contributed by atoms with Crippen LogP contribution >= 0.6 is 0 Å². The first-order valence-electron chi connectivity index (χ1n) is 8.26. The number of nitrogens with two attached hydrogens (primary N) is 2. The van der Waals surface area contributed by atoms with Gasteiger partial charge in [-0.05, 0) is 6.42 Å². The third-order valence-corrected chi connectivity index (χ3v) is 3.50. The van der Waals surface area contributed by atoms with E-state index in [1.165, 1.54) is 12.5 Å². The number of carboxylic acids is 1. The summed E-state index contributed by atoms with van der Waals surface area (Å²) in [6.07, 6.45) is 2.81. The molecule has 0 aromatic carbocycles. The van der Waals surface area contributed by atoms with Crippen molar-refractivity contribution in [2.75, 3.05) is 13.1 Å². The lowest BCUT2D eigenvalue weighted by Gasteiger charge is -2.18. The molecule has 0 aliphatic carbocycles. The van der Waals surface area contributed by atoms with E-state index in [0.717, 1.165) is 0 Å². The molecular formula is C15H23N7O6. The van der Waals surface area contributed by atoms with E-state index in [-0.39, 0.29) is 19.3 Å². The first-order chi connectivity index (χ1) is 13.2. The molecule has 1 heterocycles. The number of imidazole rings is 1. The Morgan fingerprint density at radius 2 is 1.82 bits per heavy atom. The molecule has 0 saturated heterocycles. The van der Waals surface area contributed by atoms with Crippen LogP contribution in [0, 0.1) is 0 Å². The normalized spacial score (nSPS) is 12.5. The molecule has 0 bridgehead atoms. The molecule has 9 N–H and O–H groups in total. The van der Waals surface area contributed by atoms with Crippen molar-refractivity contribution in [3.05, 3.63) is 18.2 Å². The summed E-state index contributed by atoms with van der Waals surface area (Å²) < 4.78 is 0. The maximum atomic E-state index is 12.0. The van der Waals surface area contributed by atoms with E-state index < -0.39 is 54.8 Å². The molecule has 154 valence electrons. The number of aromatic nitrogens is 2. The molecule has 28 heavy (non-hydrogen) atoms. The number of nitrogens with one attached hydrogen (secondary N) is 4. The summed E-state index contributed by atoms with van der Waals surface area (Å²) in [5.74, 6) is -4.06. The van der Waals surface area contributed by atoms with E-state index in [1.807, 2.05) is 0 Å². The molecule has 2 unspecified atom stereocenters. The van der Waals surface area contributed by atoms with Crippen LogP contribution in [0.5, 0.6) is 0 Å². The highest BCUT2D eigenvalue weighted by Crippen LogP contribution is 1.98. The predicted molar refractivity (Wildman–Crippen MR) is 94.3 cm³/mol. The van der Waals surface area contributed by atoms with Crippen molar-refractivity contribution in [1.29, 1.82) is 0 Å². The second-order valence-corrected chi connectivity index (χ2v) is 5.84. The summed E-state index contributed by atoms with van der Waals surface area (Å²) in [7, 11) is 0. The molecule has 2 atom stereocenters. The Hall–Kier alpha value is -3.48.